The van der Waals surface area contributed by atoms with E-state index in [1.165, 1.54) is 8.61 Å². The minimum atomic E-state index is -3.37. The van der Waals surface area contributed by atoms with E-state index >= 15 is 0 Å². The van der Waals surface area contributed by atoms with Gasteiger partial charge in [0.15, 0.2) is 5.96 Å². The molecule has 3 N–H and O–H groups in total. The van der Waals surface area contributed by atoms with E-state index < -0.39 is 10.2 Å². The highest BCUT2D eigenvalue weighted by atomic mass is 32.2. The van der Waals surface area contributed by atoms with Gasteiger partial charge < -0.3 is 20.2 Å². The van der Waals surface area contributed by atoms with Gasteiger partial charge in [0.25, 0.3) is 10.2 Å². The molecule has 0 radical (unpaired) electrons. The number of hydrogen-bond acceptors (Lipinski definition) is 8. The summed E-state index contributed by atoms with van der Waals surface area (Å²) < 4.78 is 35.2. The number of imidazole rings is 1. The van der Waals surface area contributed by atoms with Crippen LogP contribution in [0.4, 0.5) is 0 Å². The van der Waals surface area contributed by atoms with Crippen molar-refractivity contribution >= 4 is 33.3 Å². The second kappa shape index (κ2) is 10.0. The number of nitrogens with zero attached hydrogens (tertiary/aromatic N) is 5. The molecule has 0 aliphatic carbocycles. The number of hydrogen-bond donors (Lipinski definition) is 3. The zero-order chi connectivity index (χ0) is 24.3. The summed E-state index contributed by atoms with van der Waals surface area (Å²) in [6, 6.07) is 0. The SMILES string of the molecule is CC/C=C(\C=C(/C)O)c1nc2occn2c1C1=CCNC(NCCN2CCN(CC)S2(=O)=O)=N1. The summed E-state index contributed by atoms with van der Waals surface area (Å²) in [4.78, 5) is 9.37. The molecule has 12 heteroatoms. The molecular formula is C22H31N7O4S. The Kier molecular flexibility index (Phi) is 7.10. The second-order valence-corrected chi connectivity index (χ2v) is 9.90. The second-order valence-electron chi connectivity index (χ2n) is 7.97. The van der Waals surface area contributed by atoms with E-state index in [0.717, 1.165) is 17.7 Å². The Labute approximate surface area is 199 Å². The highest BCUT2D eigenvalue weighted by Gasteiger charge is 2.34. The molecule has 0 unspecified atom stereocenters. The van der Waals surface area contributed by atoms with Gasteiger partial charge in [0.1, 0.15) is 17.7 Å². The standard InChI is InChI=1S/C22H31N7O4S/c1-4-6-17(15-16(3)30)19-20(29-13-14-33-22(29)26-19)18-7-8-23-21(25-18)24-9-10-28-12-11-27(5-2)34(28,31)32/h6-7,13-15,30H,4-5,8-12H2,1-3H3,(H2,23,24,25)/b16-15+,17-6+. The first-order chi connectivity index (χ1) is 16.3. The van der Waals surface area contributed by atoms with E-state index in [-0.39, 0.29) is 5.76 Å². The largest absolute Gasteiger partial charge is 0.513 e. The maximum atomic E-state index is 12.5. The van der Waals surface area contributed by atoms with Crippen molar-refractivity contribution in [2.75, 3.05) is 39.3 Å². The fraction of sp³-hybridized carbons (Fsp3) is 0.455. The van der Waals surface area contributed by atoms with E-state index in [4.69, 9.17) is 9.41 Å². The highest BCUT2D eigenvalue weighted by Crippen LogP contribution is 2.30. The minimum Gasteiger partial charge on any atom is -0.513 e. The molecule has 11 nitrogen and oxygen atoms in total. The van der Waals surface area contributed by atoms with Crippen molar-refractivity contribution in [3.05, 3.63) is 47.8 Å². The van der Waals surface area contributed by atoms with Crippen molar-refractivity contribution in [2.45, 2.75) is 27.2 Å². The minimum absolute atomic E-state index is 0.180. The van der Waals surface area contributed by atoms with Crippen LogP contribution in [0.3, 0.4) is 0 Å². The summed E-state index contributed by atoms with van der Waals surface area (Å²) in [7, 11) is -3.37. The summed E-state index contributed by atoms with van der Waals surface area (Å²) in [6.07, 6.45) is 9.73. The smallest absolute Gasteiger partial charge is 0.306 e. The molecule has 1 fully saturated rings. The first-order valence-electron chi connectivity index (χ1n) is 11.4. The Morgan fingerprint density at radius 3 is 2.82 bits per heavy atom. The van der Waals surface area contributed by atoms with Crippen LogP contribution >= 0.6 is 0 Å². The van der Waals surface area contributed by atoms with Crippen LogP contribution in [0.15, 0.2) is 45.9 Å². The molecule has 1 saturated heterocycles. The number of allylic oxidation sites excluding steroid dienone is 4. The molecule has 0 atom stereocenters. The molecule has 4 heterocycles. The van der Waals surface area contributed by atoms with Gasteiger partial charge in [-0.1, -0.05) is 19.9 Å². The summed E-state index contributed by atoms with van der Waals surface area (Å²) in [5.74, 6) is 1.17. The van der Waals surface area contributed by atoms with Crippen LogP contribution in [0.2, 0.25) is 0 Å². The summed E-state index contributed by atoms with van der Waals surface area (Å²) in [5.41, 5.74) is 2.89. The normalized spacial score (nSPS) is 19.9. The Bertz CT molecular complexity index is 1270. The highest BCUT2D eigenvalue weighted by molar-refractivity contribution is 7.87. The van der Waals surface area contributed by atoms with E-state index in [0.29, 0.717) is 62.5 Å². The Morgan fingerprint density at radius 1 is 1.32 bits per heavy atom. The third kappa shape index (κ3) is 4.74. The fourth-order valence-electron chi connectivity index (χ4n) is 4.07. The lowest BCUT2D eigenvalue weighted by atomic mass is 10.1. The first kappa shape index (κ1) is 24.0. The lowest BCUT2D eigenvalue weighted by Gasteiger charge is -2.20. The van der Waals surface area contributed by atoms with E-state index in [9.17, 15) is 13.5 Å². The number of guanidine groups is 1. The first-order valence-corrected chi connectivity index (χ1v) is 12.8. The van der Waals surface area contributed by atoms with E-state index in [1.807, 2.05) is 30.4 Å². The van der Waals surface area contributed by atoms with Gasteiger partial charge in [0.05, 0.1) is 11.5 Å². The number of aromatic nitrogens is 2. The van der Waals surface area contributed by atoms with Crippen LogP contribution in [-0.4, -0.2) is 76.7 Å². The quantitative estimate of drug-likeness (QED) is 0.382. The van der Waals surface area contributed by atoms with Crippen LogP contribution in [0.5, 0.6) is 0 Å². The molecule has 0 bridgehead atoms. The van der Waals surface area contributed by atoms with Crippen molar-refractivity contribution in [1.82, 2.24) is 28.6 Å². The Morgan fingerprint density at radius 2 is 2.12 bits per heavy atom. The molecule has 0 spiro atoms. The van der Waals surface area contributed by atoms with Crippen LogP contribution in [0.25, 0.3) is 17.1 Å². The molecule has 2 aromatic heterocycles. The molecule has 184 valence electrons. The van der Waals surface area contributed by atoms with Gasteiger partial charge in [0.2, 0.25) is 0 Å². The molecule has 2 aliphatic heterocycles. The summed E-state index contributed by atoms with van der Waals surface area (Å²) in [6.45, 7) is 8.28. The van der Waals surface area contributed by atoms with Gasteiger partial charge >= 0.3 is 5.84 Å². The molecule has 0 aromatic carbocycles. The number of aliphatic hydroxyl groups excluding tert-OH is 1. The van der Waals surface area contributed by atoms with Crippen LogP contribution < -0.4 is 10.6 Å². The zero-order valence-electron chi connectivity index (χ0n) is 19.7. The number of rotatable bonds is 8. The zero-order valence-corrected chi connectivity index (χ0v) is 20.5. The average Bonchev–Trinajstić information content (AvgIpc) is 3.46. The maximum Gasteiger partial charge on any atom is 0.306 e. The molecule has 0 amide bonds. The molecule has 34 heavy (non-hydrogen) atoms. The number of aliphatic imine (C=N–C) groups is 1. The van der Waals surface area contributed by atoms with Crippen LogP contribution in [0, 0.1) is 0 Å². The molecule has 2 aromatic rings. The summed E-state index contributed by atoms with van der Waals surface area (Å²) in [5, 5.41) is 16.3. The average molecular weight is 490 g/mol. The number of aliphatic hydroxyl groups is 1. The fourth-order valence-corrected chi connectivity index (χ4v) is 5.67. The van der Waals surface area contributed by atoms with Gasteiger partial charge in [-0.05, 0) is 25.5 Å². The molecule has 0 saturated carbocycles. The van der Waals surface area contributed by atoms with Gasteiger partial charge in [-0.15, -0.1) is 0 Å². The van der Waals surface area contributed by atoms with Crippen molar-refractivity contribution in [3.8, 4) is 0 Å². The van der Waals surface area contributed by atoms with Crippen molar-refractivity contribution in [1.29, 1.82) is 0 Å². The Hall–Kier alpha value is -3.09. The third-order valence-corrected chi connectivity index (χ3v) is 7.73. The molecule has 2 aliphatic rings. The number of oxazole rings is 1. The van der Waals surface area contributed by atoms with Crippen molar-refractivity contribution in [2.24, 2.45) is 4.99 Å². The number of nitrogens with one attached hydrogen (secondary N) is 2. The topological polar surface area (TPSA) is 128 Å². The Balaban J connectivity index is 1.56. The van der Waals surface area contributed by atoms with Crippen LogP contribution in [0.1, 0.15) is 38.6 Å². The van der Waals surface area contributed by atoms with Crippen molar-refractivity contribution in [3.63, 3.8) is 0 Å². The number of fused-ring (bicyclic) bond motifs is 1. The van der Waals surface area contributed by atoms with E-state index in [2.05, 4.69) is 15.6 Å². The van der Waals surface area contributed by atoms with Gasteiger partial charge in [-0.25, -0.2) is 4.99 Å². The van der Waals surface area contributed by atoms with Crippen molar-refractivity contribution < 1.29 is 17.9 Å². The summed E-state index contributed by atoms with van der Waals surface area (Å²) >= 11 is 0. The predicted octanol–water partition coefficient (Wildman–Crippen LogP) is 1.95. The lowest BCUT2D eigenvalue weighted by molar-refractivity contribution is 0.415. The number of likely N-dealkylation sites (N-methyl/N-ethyl adjacent to an activating group) is 1. The van der Waals surface area contributed by atoms with E-state index in [1.54, 1.807) is 25.5 Å². The lowest BCUT2D eigenvalue weighted by Crippen LogP contribution is -2.43. The third-order valence-electron chi connectivity index (χ3n) is 5.62. The predicted molar refractivity (Wildman–Crippen MR) is 131 cm³/mol. The van der Waals surface area contributed by atoms with Gasteiger partial charge in [-0.2, -0.15) is 22.0 Å². The van der Waals surface area contributed by atoms with Crippen LogP contribution in [-0.2, 0) is 10.2 Å². The molecule has 4 rings (SSSR count). The molecular weight excluding hydrogens is 458 g/mol. The van der Waals surface area contributed by atoms with Gasteiger partial charge in [0, 0.05) is 51.0 Å². The van der Waals surface area contributed by atoms with Gasteiger partial charge in [-0.3, -0.25) is 4.40 Å². The maximum absolute atomic E-state index is 12.5. The monoisotopic (exact) mass is 489 g/mol.